The van der Waals surface area contributed by atoms with Gasteiger partial charge in [0.05, 0.1) is 21.8 Å². The molecular weight excluding hydrogens is 432 g/mol. The van der Waals surface area contributed by atoms with E-state index in [4.69, 9.17) is 16.6 Å². The molecule has 0 N–H and O–H groups in total. The number of carbonyl (C=O) groups excluding carboxylic acids is 1. The molecule has 3 aromatic carbocycles. The number of hydrogen-bond donors (Lipinski definition) is 0. The average Bonchev–Trinajstić information content (AvgIpc) is 3.33. The fourth-order valence-corrected chi connectivity index (χ4v) is 5.92. The molecule has 5 aromatic rings. The second-order valence-corrected chi connectivity index (χ2v) is 9.53. The van der Waals surface area contributed by atoms with E-state index in [2.05, 4.69) is 13.0 Å². The van der Waals surface area contributed by atoms with Gasteiger partial charge >= 0.3 is 0 Å². The molecule has 0 fully saturated rings. The zero-order valence-corrected chi connectivity index (χ0v) is 18.5. The molecule has 1 amide bonds. The molecule has 5 rings (SSSR count). The molecule has 0 unspecified atom stereocenters. The van der Waals surface area contributed by atoms with Crippen molar-refractivity contribution < 1.29 is 4.79 Å². The van der Waals surface area contributed by atoms with Crippen LogP contribution in [0.5, 0.6) is 0 Å². The molecule has 0 bridgehead atoms. The van der Waals surface area contributed by atoms with Crippen molar-refractivity contribution in [2.45, 2.75) is 13.5 Å². The fraction of sp³-hybridized carbons (Fsp3) is 0.0833. The van der Waals surface area contributed by atoms with Gasteiger partial charge in [-0.05, 0) is 36.2 Å². The zero-order valence-electron chi connectivity index (χ0n) is 16.1. The Labute approximate surface area is 187 Å². The molecule has 30 heavy (non-hydrogen) atoms. The van der Waals surface area contributed by atoms with E-state index in [1.807, 2.05) is 66.7 Å². The van der Waals surface area contributed by atoms with Gasteiger partial charge in [0.25, 0.3) is 5.91 Å². The molecule has 6 heteroatoms. The largest absolute Gasteiger partial charge is 0.279 e. The Hall–Kier alpha value is -2.73. The van der Waals surface area contributed by atoms with E-state index in [-0.39, 0.29) is 5.91 Å². The summed E-state index contributed by atoms with van der Waals surface area (Å²) in [5.41, 5.74) is 3.11. The van der Waals surface area contributed by atoms with Crippen LogP contribution in [0.1, 0.15) is 20.8 Å². The van der Waals surface area contributed by atoms with Crippen molar-refractivity contribution in [2.24, 2.45) is 0 Å². The topological polar surface area (TPSA) is 33.2 Å². The van der Waals surface area contributed by atoms with Crippen molar-refractivity contribution in [1.82, 2.24) is 4.98 Å². The normalized spacial score (nSPS) is 11.3. The third-order valence-electron chi connectivity index (χ3n) is 4.92. The van der Waals surface area contributed by atoms with Crippen molar-refractivity contribution in [1.29, 1.82) is 0 Å². The van der Waals surface area contributed by atoms with Crippen molar-refractivity contribution in [3.05, 3.63) is 93.8 Å². The van der Waals surface area contributed by atoms with Gasteiger partial charge in [0.1, 0.15) is 4.88 Å². The fourth-order valence-electron chi connectivity index (χ4n) is 3.40. The summed E-state index contributed by atoms with van der Waals surface area (Å²) in [4.78, 5) is 20.8. The lowest BCUT2D eigenvalue weighted by Gasteiger charge is -2.19. The molecule has 0 aliphatic rings. The summed E-state index contributed by atoms with van der Waals surface area (Å²) in [6.07, 6.45) is 0. The Morgan fingerprint density at radius 1 is 0.967 bits per heavy atom. The molecule has 0 atom stereocenters. The van der Waals surface area contributed by atoms with Crippen molar-refractivity contribution in [3.63, 3.8) is 0 Å². The maximum atomic E-state index is 13.7. The minimum absolute atomic E-state index is 0.124. The molecule has 2 aromatic heterocycles. The Morgan fingerprint density at radius 3 is 2.53 bits per heavy atom. The predicted octanol–water partition coefficient (Wildman–Crippen LogP) is 7.32. The molecule has 0 aliphatic carbocycles. The summed E-state index contributed by atoms with van der Waals surface area (Å²) >= 11 is 9.59. The van der Waals surface area contributed by atoms with Crippen LogP contribution in [-0.2, 0) is 6.54 Å². The molecule has 0 spiro atoms. The minimum Gasteiger partial charge on any atom is -0.279 e. The highest BCUT2D eigenvalue weighted by atomic mass is 35.5. The number of anilines is 1. The van der Waals surface area contributed by atoms with E-state index in [9.17, 15) is 4.79 Å². The van der Waals surface area contributed by atoms with Crippen molar-refractivity contribution >= 4 is 65.6 Å². The van der Waals surface area contributed by atoms with E-state index in [1.54, 1.807) is 4.90 Å². The second-order valence-electron chi connectivity index (χ2n) is 7.09. The van der Waals surface area contributed by atoms with Gasteiger partial charge in [-0.3, -0.25) is 9.69 Å². The first-order valence-corrected chi connectivity index (χ1v) is 11.5. The molecule has 0 saturated heterocycles. The Kier molecular flexibility index (Phi) is 5.03. The standard InChI is InChI=1S/C24H17ClN2OS2/c1-15-11-12-18-20(13-15)30-24(26-18)27(14-16-7-3-2-4-8-16)23(28)22-21(25)17-9-5-6-10-19(17)29-22/h2-13H,14H2,1H3. The quantitative estimate of drug-likeness (QED) is 0.288. The van der Waals surface area contributed by atoms with E-state index in [0.29, 0.717) is 21.6 Å². The predicted molar refractivity (Wildman–Crippen MR) is 128 cm³/mol. The van der Waals surface area contributed by atoms with E-state index >= 15 is 0 Å². The summed E-state index contributed by atoms with van der Waals surface area (Å²) < 4.78 is 2.07. The van der Waals surface area contributed by atoms with Crippen LogP contribution in [0.2, 0.25) is 5.02 Å². The number of nitrogens with zero attached hydrogens (tertiary/aromatic N) is 2. The van der Waals surface area contributed by atoms with E-state index in [0.717, 1.165) is 25.9 Å². The number of benzene rings is 3. The third-order valence-corrected chi connectivity index (χ3v) is 7.63. The zero-order chi connectivity index (χ0) is 20.7. The first-order valence-electron chi connectivity index (χ1n) is 9.50. The summed E-state index contributed by atoms with van der Waals surface area (Å²) in [6, 6.07) is 24.0. The number of aromatic nitrogens is 1. The lowest BCUT2D eigenvalue weighted by atomic mass is 10.2. The molecule has 0 aliphatic heterocycles. The van der Waals surface area contributed by atoms with Gasteiger partial charge in [0, 0.05) is 10.1 Å². The summed E-state index contributed by atoms with van der Waals surface area (Å²) in [6.45, 7) is 2.49. The molecule has 0 saturated carbocycles. The van der Waals surface area contributed by atoms with Crippen LogP contribution in [0, 0.1) is 6.92 Å². The second kappa shape index (κ2) is 7.84. The van der Waals surface area contributed by atoms with Gasteiger partial charge in [-0.25, -0.2) is 4.98 Å². The van der Waals surface area contributed by atoms with Crippen LogP contribution in [0.15, 0.2) is 72.8 Å². The van der Waals surface area contributed by atoms with E-state index < -0.39 is 0 Å². The van der Waals surface area contributed by atoms with Crippen LogP contribution >= 0.6 is 34.3 Å². The summed E-state index contributed by atoms with van der Waals surface area (Å²) in [5.74, 6) is -0.124. The molecule has 3 nitrogen and oxygen atoms in total. The van der Waals surface area contributed by atoms with Gasteiger partial charge in [0.15, 0.2) is 5.13 Å². The smallest absolute Gasteiger partial charge is 0.272 e. The third kappa shape index (κ3) is 3.49. The first-order chi connectivity index (χ1) is 14.6. The summed E-state index contributed by atoms with van der Waals surface area (Å²) in [5, 5.41) is 2.10. The van der Waals surface area contributed by atoms with Gasteiger partial charge in [-0.1, -0.05) is 77.5 Å². The number of fused-ring (bicyclic) bond motifs is 2. The Bertz CT molecular complexity index is 1370. The number of hydrogen-bond acceptors (Lipinski definition) is 4. The highest BCUT2D eigenvalue weighted by molar-refractivity contribution is 7.23. The van der Waals surface area contributed by atoms with Crippen LogP contribution in [-0.4, -0.2) is 10.9 Å². The van der Waals surface area contributed by atoms with Crippen LogP contribution < -0.4 is 4.90 Å². The van der Waals surface area contributed by atoms with Gasteiger partial charge in [-0.2, -0.15) is 0 Å². The van der Waals surface area contributed by atoms with Gasteiger partial charge in [-0.15, -0.1) is 11.3 Å². The lowest BCUT2D eigenvalue weighted by Crippen LogP contribution is -2.29. The maximum absolute atomic E-state index is 13.7. The van der Waals surface area contributed by atoms with Crippen molar-refractivity contribution in [2.75, 3.05) is 4.90 Å². The lowest BCUT2D eigenvalue weighted by molar-refractivity contribution is 0.0989. The molecule has 2 heterocycles. The van der Waals surface area contributed by atoms with E-state index in [1.165, 1.54) is 28.2 Å². The van der Waals surface area contributed by atoms with Gasteiger partial charge in [0.2, 0.25) is 0 Å². The van der Waals surface area contributed by atoms with Gasteiger partial charge < -0.3 is 0 Å². The number of thiazole rings is 1. The monoisotopic (exact) mass is 448 g/mol. The number of rotatable bonds is 4. The number of thiophene rings is 1. The molecule has 0 radical (unpaired) electrons. The number of aryl methyl sites for hydroxylation is 1. The van der Waals surface area contributed by atoms with Crippen LogP contribution in [0.4, 0.5) is 5.13 Å². The van der Waals surface area contributed by atoms with Crippen molar-refractivity contribution in [3.8, 4) is 0 Å². The summed E-state index contributed by atoms with van der Waals surface area (Å²) in [7, 11) is 0. The van der Waals surface area contributed by atoms with Crippen LogP contribution in [0.25, 0.3) is 20.3 Å². The minimum atomic E-state index is -0.124. The Morgan fingerprint density at radius 2 is 1.73 bits per heavy atom. The SMILES string of the molecule is Cc1ccc2nc(N(Cc3ccccc3)C(=O)c3sc4ccccc4c3Cl)sc2c1. The molecular formula is C24H17ClN2OS2. The number of amides is 1. The number of halogens is 1. The highest BCUT2D eigenvalue weighted by Gasteiger charge is 2.26. The van der Waals surface area contributed by atoms with Crippen LogP contribution in [0.3, 0.4) is 0 Å². The average molecular weight is 449 g/mol. The Balaban J connectivity index is 1.62. The first kappa shape index (κ1) is 19.2. The highest BCUT2D eigenvalue weighted by Crippen LogP contribution is 2.38. The number of carbonyl (C=O) groups is 1. The molecule has 148 valence electrons. The maximum Gasteiger partial charge on any atom is 0.272 e.